The van der Waals surface area contributed by atoms with Crippen molar-refractivity contribution in [1.29, 1.82) is 0 Å². The predicted molar refractivity (Wildman–Crippen MR) is 111 cm³/mol. The van der Waals surface area contributed by atoms with Crippen LogP contribution in [0.3, 0.4) is 0 Å². The molecule has 0 N–H and O–H groups in total. The zero-order valence-corrected chi connectivity index (χ0v) is 17.3. The van der Waals surface area contributed by atoms with Gasteiger partial charge in [0.1, 0.15) is 5.75 Å². The van der Waals surface area contributed by atoms with Crippen LogP contribution in [0.15, 0.2) is 41.4 Å². The van der Waals surface area contributed by atoms with Gasteiger partial charge in [0.25, 0.3) is 11.6 Å². The van der Waals surface area contributed by atoms with Gasteiger partial charge in [0.05, 0.1) is 39.4 Å². The van der Waals surface area contributed by atoms with E-state index in [0.29, 0.717) is 30.3 Å². The first-order chi connectivity index (χ1) is 13.9. The molecule has 152 valence electrons. The lowest BCUT2D eigenvalue weighted by molar-refractivity contribution is -0.384. The van der Waals surface area contributed by atoms with E-state index in [0.717, 1.165) is 16.3 Å². The molecule has 0 aliphatic rings. The number of halogens is 1. The van der Waals surface area contributed by atoms with E-state index in [2.05, 4.69) is 4.99 Å². The maximum atomic E-state index is 12.8. The van der Waals surface area contributed by atoms with E-state index in [-0.39, 0.29) is 16.3 Å². The molecule has 10 heteroatoms. The second-order valence-electron chi connectivity index (χ2n) is 5.91. The summed E-state index contributed by atoms with van der Waals surface area (Å²) in [6.07, 6.45) is 0. The molecule has 0 fully saturated rings. The van der Waals surface area contributed by atoms with Gasteiger partial charge >= 0.3 is 0 Å². The Morgan fingerprint density at radius 2 is 2.10 bits per heavy atom. The highest BCUT2D eigenvalue weighted by Crippen LogP contribution is 2.25. The quantitative estimate of drug-likeness (QED) is 0.317. The van der Waals surface area contributed by atoms with E-state index in [1.54, 1.807) is 7.11 Å². The van der Waals surface area contributed by atoms with Crippen LogP contribution in [0.25, 0.3) is 10.2 Å². The van der Waals surface area contributed by atoms with E-state index >= 15 is 0 Å². The molecule has 0 atom stereocenters. The molecule has 2 aromatic carbocycles. The molecule has 3 rings (SSSR count). The number of non-ortho nitro benzene ring substituents is 1. The molecule has 1 aromatic heterocycles. The van der Waals surface area contributed by atoms with Crippen LogP contribution in [0, 0.1) is 10.1 Å². The fourth-order valence-electron chi connectivity index (χ4n) is 2.72. The zero-order valence-electron chi connectivity index (χ0n) is 15.8. The number of amides is 1. The number of nitro groups is 1. The van der Waals surface area contributed by atoms with E-state index in [1.165, 1.54) is 23.5 Å². The predicted octanol–water partition coefficient (Wildman–Crippen LogP) is 4.05. The van der Waals surface area contributed by atoms with Gasteiger partial charge in [-0.15, -0.1) is 0 Å². The van der Waals surface area contributed by atoms with E-state index in [9.17, 15) is 14.9 Å². The fraction of sp³-hybridized carbons (Fsp3) is 0.263. The maximum Gasteiger partial charge on any atom is 0.281 e. The third kappa shape index (κ3) is 4.64. The van der Waals surface area contributed by atoms with Crippen LogP contribution < -0.4 is 9.54 Å². The Hall–Kier alpha value is -2.75. The van der Waals surface area contributed by atoms with E-state index in [1.807, 2.05) is 29.7 Å². The number of carbonyl (C=O) groups is 1. The highest BCUT2D eigenvalue weighted by Gasteiger charge is 2.16. The number of carbonyl (C=O) groups excluding carboxylic acids is 1. The Balaban J connectivity index is 2.10. The third-order valence-corrected chi connectivity index (χ3v) is 5.51. The molecule has 0 saturated heterocycles. The normalized spacial score (nSPS) is 11.8. The fourth-order valence-corrected chi connectivity index (χ4v) is 4.00. The highest BCUT2D eigenvalue weighted by molar-refractivity contribution is 7.16. The molecule has 1 heterocycles. The number of hydrogen-bond acceptors (Lipinski definition) is 6. The molecule has 8 nitrogen and oxygen atoms in total. The van der Waals surface area contributed by atoms with Gasteiger partial charge in [0.15, 0.2) is 4.80 Å². The van der Waals surface area contributed by atoms with Crippen molar-refractivity contribution in [3.05, 3.63) is 61.9 Å². The van der Waals surface area contributed by atoms with Crippen LogP contribution >= 0.6 is 22.9 Å². The van der Waals surface area contributed by atoms with Gasteiger partial charge in [-0.3, -0.25) is 14.9 Å². The summed E-state index contributed by atoms with van der Waals surface area (Å²) in [5.74, 6) is 0.0395. The Labute approximate surface area is 175 Å². The van der Waals surface area contributed by atoms with Gasteiger partial charge in [-0.1, -0.05) is 22.9 Å². The molecule has 0 aliphatic carbocycles. The summed E-state index contributed by atoms with van der Waals surface area (Å²) < 4.78 is 13.5. The van der Waals surface area contributed by atoms with Gasteiger partial charge in [0.2, 0.25) is 0 Å². The number of benzene rings is 2. The molecular weight excluding hydrogens is 418 g/mol. The number of hydrogen-bond donors (Lipinski definition) is 0. The van der Waals surface area contributed by atoms with Crippen molar-refractivity contribution in [2.75, 3.05) is 20.3 Å². The molecule has 0 bridgehead atoms. The summed E-state index contributed by atoms with van der Waals surface area (Å²) in [6, 6.07) is 9.28. The van der Waals surface area contributed by atoms with Gasteiger partial charge in [-0.2, -0.15) is 4.99 Å². The average molecular weight is 436 g/mol. The van der Waals surface area contributed by atoms with Crippen LogP contribution in [0.1, 0.15) is 17.3 Å². The minimum atomic E-state index is -0.651. The lowest BCUT2D eigenvalue weighted by atomic mass is 10.2. The van der Waals surface area contributed by atoms with Crippen LogP contribution in [0.4, 0.5) is 5.69 Å². The van der Waals surface area contributed by atoms with Gasteiger partial charge in [-0.25, -0.2) is 0 Å². The standard InChI is InChI=1S/C19H18ClN3O5S/c1-3-28-9-8-22-16-7-5-13(27-2)11-17(16)29-19(22)21-18(24)14-10-12(23(25)26)4-6-15(14)20/h4-7,10-11H,3,8-9H2,1-2H3. The number of thiazole rings is 1. The second-order valence-corrected chi connectivity index (χ2v) is 7.32. The Morgan fingerprint density at radius 1 is 1.31 bits per heavy atom. The van der Waals surface area contributed by atoms with Crippen molar-refractivity contribution in [2.24, 2.45) is 4.99 Å². The summed E-state index contributed by atoms with van der Waals surface area (Å²) in [5.41, 5.74) is 0.637. The first-order valence-electron chi connectivity index (χ1n) is 8.72. The Morgan fingerprint density at radius 3 is 2.79 bits per heavy atom. The number of ether oxygens (including phenoxy) is 2. The molecule has 0 spiro atoms. The summed E-state index contributed by atoms with van der Waals surface area (Å²) in [5, 5.41) is 11.1. The maximum absolute atomic E-state index is 12.8. The van der Waals surface area contributed by atoms with Crippen molar-refractivity contribution in [3.63, 3.8) is 0 Å². The summed E-state index contributed by atoms with van der Waals surface area (Å²) in [4.78, 5) is 27.8. The van der Waals surface area contributed by atoms with Crippen LogP contribution in [-0.2, 0) is 11.3 Å². The second kappa shape index (κ2) is 9.17. The molecule has 29 heavy (non-hydrogen) atoms. The van der Waals surface area contributed by atoms with Crippen molar-refractivity contribution >= 4 is 44.7 Å². The van der Waals surface area contributed by atoms with Crippen LogP contribution in [0.2, 0.25) is 5.02 Å². The molecular formula is C19H18ClN3O5S. The number of nitrogens with zero attached hydrogens (tertiary/aromatic N) is 3. The van der Waals surface area contributed by atoms with Crippen molar-refractivity contribution in [3.8, 4) is 5.75 Å². The zero-order chi connectivity index (χ0) is 21.0. The Bertz CT molecular complexity index is 1140. The molecule has 0 unspecified atom stereocenters. The smallest absolute Gasteiger partial charge is 0.281 e. The van der Waals surface area contributed by atoms with Gasteiger partial charge < -0.3 is 14.0 Å². The summed E-state index contributed by atoms with van der Waals surface area (Å²) >= 11 is 7.39. The number of nitro benzene ring substituents is 1. The minimum absolute atomic E-state index is 0.0211. The summed E-state index contributed by atoms with van der Waals surface area (Å²) in [6.45, 7) is 3.42. The monoisotopic (exact) mass is 435 g/mol. The molecule has 0 aliphatic heterocycles. The number of methoxy groups -OCH3 is 1. The topological polar surface area (TPSA) is 96.0 Å². The largest absolute Gasteiger partial charge is 0.497 e. The third-order valence-electron chi connectivity index (χ3n) is 4.14. The molecule has 1 amide bonds. The number of rotatable bonds is 7. The highest BCUT2D eigenvalue weighted by atomic mass is 35.5. The number of aromatic nitrogens is 1. The van der Waals surface area contributed by atoms with Gasteiger partial charge in [0, 0.05) is 25.3 Å². The van der Waals surface area contributed by atoms with Crippen LogP contribution in [0.5, 0.6) is 5.75 Å². The van der Waals surface area contributed by atoms with E-state index < -0.39 is 10.8 Å². The molecule has 0 saturated carbocycles. The Kier molecular flexibility index (Phi) is 6.63. The minimum Gasteiger partial charge on any atom is -0.497 e. The first-order valence-corrected chi connectivity index (χ1v) is 9.92. The first kappa shape index (κ1) is 21.0. The summed E-state index contributed by atoms with van der Waals surface area (Å²) in [7, 11) is 1.58. The number of fused-ring (bicyclic) bond motifs is 1. The van der Waals surface area contributed by atoms with Crippen LogP contribution in [-0.4, -0.2) is 35.7 Å². The van der Waals surface area contributed by atoms with Crippen molar-refractivity contribution in [1.82, 2.24) is 4.57 Å². The lowest BCUT2D eigenvalue weighted by Crippen LogP contribution is -2.19. The van der Waals surface area contributed by atoms with Gasteiger partial charge in [-0.05, 0) is 31.2 Å². The van der Waals surface area contributed by atoms with Crippen molar-refractivity contribution < 1.29 is 19.2 Å². The average Bonchev–Trinajstić information content (AvgIpc) is 3.04. The van der Waals surface area contributed by atoms with Crippen molar-refractivity contribution in [2.45, 2.75) is 13.5 Å². The van der Waals surface area contributed by atoms with E-state index in [4.69, 9.17) is 21.1 Å². The molecule has 0 radical (unpaired) electrons. The lowest BCUT2D eigenvalue weighted by Gasteiger charge is -2.06. The SMILES string of the molecule is CCOCCn1c(=NC(=O)c2cc([N+](=O)[O-])ccc2Cl)sc2cc(OC)ccc21. The molecule has 3 aromatic rings.